The lowest BCUT2D eigenvalue weighted by Gasteiger charge is -2.18. The second-order valence-corrected chi connectivity index (χ2v) is 10.3. The predicted octanol–water partition coefficient (Wildman–Crippen LogP) is -0.243. The first kappa shape index (κ1) is 22.7. The molecule has 19 heteroatoms. The van der Waals surface area contributed by atoms with Gasteiger partial charge in [0.25, 0.3) is 0 Å². The standard InChI is InChI=1S/C8H14N3O12P3S/c9-6-1-2-11(7(12)10-6)8-21-5(4-27-8)3-20-25(16,17)23-26(18,19)22-24(13,14)15/h1-2,5,8H,3-4H2,(H,16,17)(H,18,19)(H2,9,10,12)(H2,13,14,15)/t5-,8-/m1/s1. The zero-order valence-electron chi connectivity index (χ0n) is 13.0. The Morgan fingerprint density at radius 1 is 1.26 bits per heavy atom. The maximum atomic E-state index is 11.7. The molecule has 2 unspecified atom stereocenters. The van der Waals surface area contributed by atoms with Crippen LogP contribution in [0.25, 0.3) is 0 Å². The van der Waals surface area contributed by atoms with Gasteiger partial charge in [0.15, 0.2) is 5.56 Å². The number of nitrogens with two attached hydrogens (primary N) is 1. The molecule has 6 N–H and O–H groups in total. The molecule has 15 nitrogen and oxygen atoms in total. The van der Waals surface area contributed by atoms with Crippen molar-refractivity contribution < 1.29 is 51.2 Å². The van der Waals surface area contributed by atoms with Gasteiger partial charge in [-0.1, -0.05) is 0 Å². The van der Waals surface area contributed by atoms with Crippen molar-refractivity contribution in [3.8, 4) is 0 Å². The number of rotatable bonds is 8. The Morgan fingerprint density at radius 3 is 2.52 bits per heavy atom. The Morgan fingerprint density at radius 2 is 1.93 bits per heavy atom. The summed E-state index contributed by atoms with van der Waals surface area (Å²) in [6, 6.07) is 1.37. The number of hydrogen-bond donors (Lipinski definition) is 5. The Kier molecular flexibility index (Phi) is 7.07. The second kappa shape index (κ2) is 8.41. The number of nitrogens with zero attached hydrogens (tertiary/aromatic N) is 2. The third-order valence-electron chi connectivity index (χ3n) is 2.65. The smallest absolute Gasteiger partial charge is 0.383 e. The quantitative estimate of drug-likeness (QED) is 0.309. The van der Waals surface area contributed by atoms with E-state index >= 15 is 0 Å². The van der Waals surface area contributed by atoms with Crippen LogP contribution in [-0.2, 0) is 31.6 Å². The normalized spacial score (nSPS) is 25.0. The van der Waals surface area contributed by atoms with E-state index < -0.39 is 47.4 Å². The lowest BCUT2D eigenvalue weighted by Crippen LogP contribution is -2.27. The highest BCUT2D eigenvalue weighted by atomic mass is 32.2. The van der Waals surface area contributed by atoms with Gasteiger partial charge in [0.1, 0.15) is 5.82 Å². The van der Waals surface area contributed by atoms with Crippen molar-refractivity contribution in [1.82, 2.24) is 9.55 Å². The van der Waals surface area contributed by atoms with Gasteiger partial charge in [0, 0.05) is 11.9 Å². The molecule has 0 saturated carbocycles. The highest BCUT2D eigenvalue weighted by molar-refractivity contribution is 7.99. The Bertz CT molecular complexity index is 887. The molecule has 0 amide bonds. The largest absolute Gasteiger partial charge is 0.490 e. The van der Waals surface area contributed by atoms with Crippen LogP contribution in [0.4, 0.5) is 5.82 Å². The molecule has 4 atom stereocenters. The van der Waals surface area contributed by atoms with Crippen molar-refractivity contribution >= 4 is 41.0 Å². The molecule has 1 aromatic heterocycles. The van der Waals surface area contributed by atoms with Crippen LogP contribution >= 0.6 is 35.2 Å². The topological polar surface area (TPSA) is 230 Å². The number of thioether (sulfide) groups is 1. The summed E-state index contributed by atoms with van der Waals surface area (Å²) in [6.45, 7) is -0.607. The van der Waals surface area contributed by atoms with E-state index in [1.165, 1.54) is 12.3 Å². The molecule has 0 bridgehead atoms. The van der Waals surface area contributed by atoms with E-state index in [0.29, 0.717) is 0 Å². The molecule has 1 aromatic rings. The highest BCUT2D eigenvalue weighted by Crippen LogP contribution is 2.66. The summed E-state index contributed by atoms with van der Waals surface area (Å²) in [6.07, 6.45) is 0.516. The molecule has 1 saturated heterocycles. The first-order valence-electron chi connectivity index (χ1n) is 6.66. The molecule has 0 aromatic carbocycles. The number of nitrogen functional groups attached to an aromatic ring is 1. The summed E-state index contributed by atoms with van der Waals surface area (Å²) in [5, 5.41) is 0. The molecule has 154 valence electrons. The van der Waals surface area contributed by atoms with Gasteiger partial charge in [-0.25, -0.2) is 18.5 Å². The van der Waals surface area contributed by atoms with E-state index in [2.05, 4.69) is 18.1 Å². The molecular weight excluding hydrogens is 455 g/mol. The minimum Gasteiger partial charge on any atom is -0.383 e. The Labute approximate surface area is 154 Å². The fourth-order valence-corrected chi connectivity index (χ4v) is 5.89. The van der Waals surface area contributed by atoms with Gasteiger partial charge in [-0.05, 0) is 6.07 Å². The number of anilines is 1. The monoisotopic (exact) mass is 469 g/mol. The fraction of sp³-hybridized carbons (Fsp3) is 0.500. The van der Waals surface area contributed by atoms with Crippen LogP contribution in [0.3, 0.4) is 0 Å². The summed E-state index contributed by atoms with van der Waals surface area (Å²) in [5.74, 6) is 0.223. The van der Waals surface area contributed by atoms with Crippen LogP contribution in [0.5, 0.6) is 0 Å². The van der Waals surface area contributed by atoms with Gasteiger partial charge in [0.2, 0.25) is 0 Å². The summed E-state index contributed by atoms with van der Waals surface area (Å²) < 4.78 is 51.5. The number of hydrogen-bond acceptors (Lipinski definition) is 11. The van der Waals surface area contributed by atoms with Crippen molar-refractivity contribution in [3.63, 3.8) is 0 Å². The van der Waals surface area contributed by atoms with Crippen molar-refractivity contribution in [2.75, 3.05) is 18.1 Å². The minimum absolute atomic E-state index is 0.0171. The van der Waals surface area contributed by atoms with Gasteiger partial charge < -0.3 is 30.0 Å². The molecule has 0 spiro atoms. The highest BCUT2D eigenvalue weighted by Gasteiger charge is 2.41. The van der Waals surface area contributed by atoms with Crippen LogP contribution in [0, 0.1) is 0 Å². The molecule has 2 rings (SSSR count). The summed E-state index contributed by atoms with van der Waals surface area (Å²) >= 11 is 1.13. The lowest BCUT2D eigenvalue weighted by molar-refractivity contribution is -0.00343. The van der Waals surface area contributed by atoms with E-state index in [9.17, 15) is 23.4 Å². The zero-order chi connectivity index (χ0) is 20.5. The van der Waals surface area contributed by atoms with E-state index in [4.69, 9.17) is 25.2 Å². The number of aromatic nitrogens is 2. The molecule has 2 heterocycles. The van der Waals surface area contributed by atoms with Crippen LogP contribution in [0.1, 0.15) is 5.56 Å². The summed E-state index contributed by atoms with van der Waals surface area (Å²) in [4.78, 5) is 50.5. The van der Waals surface area contributed by atoms with Gasteiger partial charge >= 0.3 is 29.2 Å². The number of phosphoric ester groups is 1. The Hall–Kier alpha value is -0.600. The van der Waals surface area contributed by atoms with E-state index in [-0.39, 0.29) is 11.6 Å². The van der Waals surface area contributed by atoms with Gasteiger partial charge in [-0.2, -0.15) is 13.6 Å². The molecule has 1 aliphatic heterocycles. The molecule has 27 heavy (non-hydrogen) atoms. The molecule has 0 radical (unpaired) electrons. The van der Waals surface area contributed by atoms with Crippen LogP contribution < -0.4 is 11.4 Å². The molecule has 0 aliphatic carbocycles. The lowest BCUT2D eigenvalue weighted by atomic mass is 10.4. The average Bonchev–Trinajstić information content (AvgIpc) is 2.90. The van der Waals surface area contributed by atoms with Gasteiger partial charge in [0.05, 0.1) is 12.7 Å². The molecule has 1 aliphatic rings. The van der Waals surface area contributed by atoms with E-state index in [0.717, 1.165) is 16.3 Å². The maximum Gasteiger partial charge on any atom is 0.490 e. The first-order chi connectivity index (χ1) is 12.3. The average molecular weight is 469 g/mol. The van der Waals surface area contributed by atoms with E-state index in [1.54, 1.807) is 0 Å². The Balaban J connectivity index is 1.91. The van der Waals surface area contributed by atoms with Crippen molar-refractivity contribution in [2.24, 2.45) is 0 Å². The van der Waals surface area contributed by atoms with Crippen molar-refractivity contribution in [2.45, 2.75) is 11.7 Å². The third kappa shape index (κ3) is 7.38. The van der Waals surface area contributed by atoms with E-state index in [1.807, 2.05) is 0 Å². The predicted molar refractivity (Wildman–Crippen MR) is 89.1 cm³/mol. The SMILES string of the molecule is Nc1ccn([C@@H]2O[C@H](COP(=O)(O)OP(=O)(O)OP(=O)(O)O)CS2)c(=O)n1. The van der Waals surface area contributed by atoms with Crippen LogP contribution in [-0.4, -0.2) is 47.6 Å². The van der Waals surface area contributed by atoms with Crippen LogP contribution in [0.15, 0.2) is 17.1 Å². The minimum atomic E-state index is -5.58. The number of ether oxygens (including phenoxy) is 1. The second-order valence-electron chi connectivity index (χ2n) is 4.83. The first-order valence-corrected chi connectivity index (χ1v) is 12.2. The summed E-state index contributed by atoms with van der Waals surface area (Å²) in [5.41, 5.74) is 3.87. The molecular formula is C8H14N3O12P3S. The van der Waals surface area contributed by atoms with Gasteiger partial charge in [-0.15, -0.1) is 11.8 Å². The zero-order valence-corrected chi connectivity index (χ0v) is 16.5. The van der Waals surface area contributed by atoms with Crippen molar-refractivity contribution in [3.05, 3.63) is 22.7 Å². The number of phosphoric acid groups is 3. The molecule has 1 fully saturated rings. The third-order valence-corrected chi connectivity index (χ3v) is 7.64. The summed E-state index contributed by atoms with van der Waals surface area (Å²) in [7, 11) is -16.3. The fourth-order valence-electron chi connectivity index (χ4n) is 1.73. The van der Waals surface area contributed by atoms with Gasteiger partial charge in [-0.3, -0.25) is 9.09 Å². The maximum absolute atomic E-state index is 11.7. The van der Waals surface area contributed by atoms with Crippen LogP contribution in [0.2, 0.25) is 0 Å². The van der Waals surface area contributed by atoms with Crippen molar-refractivity contribution in [1.29, 1.82) is 0 Å².